The van der Waals surface area contributed by atoms with Gasteiger partial charge in [-0.15, -0.1) is 5.10 Å². The zero-order chi connectivity index (χ0) is 31.0. The largest absolute Gasteiger partial charge is 0.379 e. The Balaban J connectivity index is 0.968. The Kier molecular flexibility index (Phi) is 8.05. The number of carbonyl (C=O) groups excluding carboxylic acids is 1. The first-order valence-corrected chi connectivity index (χ1v) is 16.2. The van der Waals surface area contributed by atoms with Crippen molar-refractivity contribution in [3.05, 3.63) is 30.7 Å². The number of morpholine rings is 1. The predicted octanol–water partition coefficient (Wildman–Crippen LogP) is 2.18. The third kappa shape index (κ3) is 5.70. The van der Waals surface area contributed by atoms with Crippen LogP contribution in [-0.4, -0.2) is 121 Å². The summed E-state index contributed by atoms with van der Waals surface area (Å²) >= 11 is 0. The van der Waals surface area contributed by atoms with Crippen molar-refractivity contribution in [1.29, 1.82) is 5.26 Å². The van der Waals surface area contributed by atoms with Crippen LogP contribution in [0.5, 0.6) is 0 Å². The number of pyridine rings is 1. The van der Waals surface area contributed by atoms with E-state index in [1.807, 2.05) is 35.6 Å². The molecule has 238 valence electrons. The first-order valence-electron chi connectivity index (χ1n) is 16.2. The molecule has 14 heteroatoms. The molecule has 45 heavy (non-hydrogen) atoms. The van der Waals surface area contributed by atoms with E-state index in [0.29, 0.717) is 37.4 Å². The van der Waals surface area contributed by atoms with E-state index < -0.39 is 0 Å². The maximum Gasteiger partial charge on any atom is 0.247 e. The fourth-order valence-electron chi connectivity index (χ4n) is 7.39. The van der Waals surface area contributed by atoms with Crippen LogP contribution in [0.3, 0.4) is 0 Å². The molecule has 4 aliphatic heterocycles. The standard InChI is InChI=1S/C31H42N12O2/c1-3-24-17-34-43(23(24)2)31(8-9-32)21-40(22-31)27-5-4-10-42-29(27)36-30(37-42)35-25-18-33-41(19-25)20-28(44)39-11-6-26(7-12-39)38-13-15-45-16-14-38/h4-5,10,17-19,23-24,26H,3,6-8,11-16,20-22H2,1-2H3,(H,35,37). The van der Waals surface area contributed by atoms with Crippen molar-refractivity contribution >= 4 is 35.1 Å². The van der Waals surface area contributed by atoms with E-state index in [1.54, 1.807) is 15.4 Å². The average Bonchev–Trinajstić information content (AvgIpc) is 3.77. The molecule has 0 aliphatic carbocycles. The van der Waals surface area contributed by atoms with E-state index in [4.69, 9.17) is 14.8 Å². The minimum Gasteiger partial charge on any atom is -0.379 e. The van der Waals surface area contributed by atoms with E-state index in [0.717, 1.165) is 75.7 Å². The van der Waals surface area contributed by atoms with E-state index >= 15 is 0 Å². The molecular weight excluding hydrogens is 572 g/mol. The lowest BCUT2D eigenvalue weighted by atomic mass is 9.83. The second-order valence-corrected chi connectivity index (χ2v) is 12.7. The second-order valence-electron chi connectivity index (χ2n) is 12.7. The Labute approximate surface area is 263 Å². The molecule has 1 N–H and O–H groups in total. The van der Waals surface area contributed by atoms with Gasteiger partial charge >= 0.3 is 0 Å². The minimum atomic E-state index is -0.312. The number of nitriles is 1. The molecule has 14 nitrogen and oxygen atoms in total. The molecule has 4 aliphatic rings. The molecule has 0 spiro atoms. The van der Waals surface area contributed by atoms with Crippen LogP contribution in [0.2, 0.25) is 0 Å². The van der Waals surface area contributed by atoms with Crippen LogP contribution < -0.4 is 10.2 Å². The smallest absolute Gasteiger partial charge is 0.247 e. The highest BCUT2D eigenvalue weighted by molar-refractivity contribution is 5.76. The molecule has 1 amide bonds. The van der Waals surface area contributed by atoms with E-state index in [9.17, 15) is 10.1 Å². The van der Waals surface area contributed by atoms with Gasteiger partial charge in [-0.05, 0) is 38.3 Å². The highest BCUT2D eigenvalue weighted by Crippen LogP contribution is 2.40. The van der Waals surface area contributed by atoms with Crippen LogP contribution >= 0.6 is 0 Å². The summed E-state index contributed by atoms with van der Waals surface area (Å²) < 4.78 is 8.92. The van der Waals surface area contributed by atoms with Crippen LogP contribution in [-0.2, 0) is 16.1 Å². The molecule has 7 rings (SSSR count). The number of anilines is 3. The number of fused-ring (bicyclic) bond motifs is 1. The first-order chi connectivity index (χ1) is 22.0. The van der Waals surface area contributed by atoms with Crippen LogP contribution in [0.25, 0.3) is 5.65 Å². The Bertz CT molecular complexity index is 1570. The fourth-order valence-corrected chi connectivity index (χ4v) is 7.39. The molecular formula is C31H42N12O2. The van der Waals surface area contributed by atoms with Crippen LogP contribution in [0.15, 0.2) is 35.8 Å². The summed E-state index contributed by atoms with van der Waals surface area (Å²) in [5.74, 6) is 0.941. The van der Waals surface area contributed by atoms with Gasteiger partial charge in [-0.1, -0.05) is 6.92 Å². The zero-order valence-corrected chi connectivity index (χ0v) is 26.1. The molecule has 3 fully saturated rings. The molecule has 0 bridgehead atoms. The van der Waals surface area contributed by atoms with Gasteiger partial charge in [0.05, 0.1) is 49.3 Å². The highest BCUT2D eigenvalue weighted by Gasteiger charge is 2.52. The summed E-state index contributed by atoms with van der Waals surface area (Å²) in [6.07, 6.45) is 10.9. The number of hydrazone groups is 1. The van der Waals surface area contributed by atoms with Crippen molar-refractivity contribution in [3.63, 3.8) is 0 Å². The molecule has 3 aromatic rings. The van der Waals surface area contributed by atoms with Crippen molar-refractivity contribution in [1.82, 2.24) is 39.2 Å². The SMILES string of the molecule is CCC1C=NN(C2(CC#N)CN(c3cccn4nc(Nc5cnn(CC(=O)N6CCC(N7CCOCC7)CC6)c5)nc34)C2)C1C. The van der Waals surface area contributed by atoms with Crippen molar-refractivity contribution < 1.29 is 9.53 Å². The first kappa shape index (κ1) is 29.5. The Morgan fingerprint density at radius 2 is 2.00 bits per heavy atom. The van der Waals surface area contributed by atoms with Gasteiger partial charge < -0.3 is 19.9 Å². The molecule has 3 aromatic heterocycles. The van der Waals surface area contributed by atoms with Crippen molar-refractivity contribution in [2.75, 3.05) is 62.7 Å². The number of aromatic nitrogens is 5. The third-order valence-corrected chi connectivity index (χ3v) is 9.97. The number of likely N-dealkylation sites (tertiary alicyclic amines) is 1. The van der Waals surface area contributed by atoms with Crippen molar-refractivity contribution in [2.24, 2.45) is 11.0 Å². The summed E-state index contributed by atoms with van der Waals surface area (Å²) in [4.78, 5) is 24.5. The topological polar surface area (TPSA) is 135 Å². The fraction of sp³-hybridized carbons (Fsp3) is 0.613. The molecule has 0 radical (unpaired) electrons. The number of nitrogens with one attached hydrogen (secondary N) is 1. The lowest BCUT2D eigenvalue weighted by Crippen LogP contribution is -2.70. The normalized spacial score (nSPS) is 23.8. The average molecular weight is 615 g/mol. The number of rotatable bonds is 9. The Morgan fingerprint density at radius 3 is 2.73 bits per heavy atom. The second kappa shape index (κ2) is 12.3. The molecule has 2 atom stereocenters. The number of amides is 1. The predicted molar refractivity (Wildman–Crippen MR) is 169 cm³/mol. The number of hydrogen-bond donors (Lipinski definition) is 1. The van der Waals surface area contributed by atoms with Gasteiger partial charge in [-0.2, -0.15) is 20.4 Å². The van der Waals surface area contributed by atoms with Gasteiger partial charge in [-0.25, -0.2) is 4.52 Å². The lowest BCUT2D eigenvalue weighted by molar-refractivity contribution is -0.133. The summed E-state index contributed by atoms with van der Waals surface area (Å²) in [5.41, 5.74) is 2.11. The van der Waals surface area contributed by atoms with E-state index in [-0.39, 0.29) is 24.0 Å². The molecule has 0 saturated carbocycles. The Hall–Kier alpha value is -4.22. The van der Waals surface area contributed by atoms with E-state index in [2.05, 4.69) is 50.2 Å². The van der Waals surface area contributed by atoms with Gasteiger partial charge in [0.15, 0.2) is 5.65 Å². The molecule has 0 aromatic carbocycles. The van der Waals surface area contributed by atoms with Gasteiger partial charge in [0.25, 0.3) is 0 Å². The van der Waals surface area contributed by atoms with Gasteiger partial charge in [0, 0.05) is 69.8 Å². The van der Waals surface area contributed by atoms with Crippen molar-refractivity contribution in [2.45, 2.75) is 63.7 Å². The number of ether oxygens (including phenoxy) is 1. The molecule has 7 heterocycles. The monoisotopic (exact) mass is 614 g/mol. The van der Waals surface area contributed by atoms with Crippen LogP contribution in [0, 0.1) is 17.2 Å². The maximum absolute atomic E-state index is 13.0. The van der Waals surface area contributed by atoms with Gasteiger partial charge in [0.2, 0.25) is 11.9 Å². The van der Waals surface area contributed by atoms with Crippen LogP contribution in [0.1, 0.15) is 39.5 Å². The zero-order valence-electron chi connectivity index (χ0n) is 26.1. The quantitative estimate of drug-likeness (QED) is 0.382. The molecule has 2 unspecified atom stereocenters. The maximum atomic E-state index is 13.0. The highest BCUT2D eigenvalue weighted by atomic mass is 16.5. The van der Waals surface area contributed by atoms with Gasteiger partial charge in [-0.3, -0.25) is 19.4 Å². The van der Waals surface area contributed by atoms with Crippen LogP contribution in [0.4, 0.5) is 17.3 Å². The third-order valence-electron chi connectivity index (χ3n) is 9.97. The number of piperidine rings is 1. The summed E-state index contributed by atoms with van der Waals surface area (Å²) in [5, 5.41) is 28.9. The number of nitrogens with zero attached hydrogens (tertiary/aromatic N) is 11. The summed E-state index contributed by atoms with van der Waals surface area (Å²) in [7, 11) is 0. The number of hydrogen-bond acceptors (Lipinski definition) is 11. The van der Waals surface area contributed by atoms with E-state index in [1.165, 1.54) is 0 Å². The molecule has 3 saturated heterocycles. The Morgan fingerprint density at radius 1 is 1.20 bits per heavy atom. The summed E-state index contributed by atoms with van der Waals surface area (Å²) in [6.45, 7) is 11.1. The van der Waals surface area contributed by atoms with Crippen molar-refractivity contribution in [3.8, 4) is 6.07 Å². The number of carbonyl (C=O) groups is 1. The van der Waals surface area contributed by atoms with Gasteiger partial charge in [0.1, 0.15) is 12.1 Å². The lowest BCUT2D eigenvalue weighted by Gasteiger charge is -2.55. The summed E-state index contributed by atoms with van der Waals surface area (Å²) in [6, 6.07) is 7.22. The minimum absolute atomic E-state index is 0.0850.